The van der Waals surface area contributed by atoms with Crippen LogP contribution in [0.1, 0.15) is 20.3 Å². The third-order valence-corrected chi connectivity index (χ3v) is 8.98. The third kappa shape index (κ3) is 5.36. The molecule has 2 unspecified atom stereocenters. The number of hydrogen-bond donors (Lipinski definition) is 0. The van der Waals surface area contributed by atoms with Crippen LogP contribution in [0.4, 0.5) is 4.39 Å². The summed E-state index contributed by atoms with van der Waals surface area (Å²) in [6.45, 7) is 5.32. The maximum atomic E-state index is 13.3. The first kappa shape index (κ1) is 24.6. The van der Waals surface area contributed by atoms with Crippen LogP contribution in [0.3, 0.4) is 0 Å². The predicted molar refractivity (Wildman–Crippen MR) is 141 cm³/mol. The molecule has 2 atom stereocenters. The molecule has 1 aliphatic heterocycles. The first-order valence-electron chi connectivity index (χ1n) is 11.9. The lowest BCUT2D eigenvalue weighted by molar-refractivity contribution is 0.222. The second-order valence-corrected chi connectivity index (χ2v) is 12.2. The van der Waals surface area contributed by atoms with E-state index in [0.29, 0.717) is 41.3 Å². The summed E-state index contributed by atoms with van der Waals surface area (Å²) in [6, 6.07) is 20.4. The van der Waals surface area contributed by atoms with E-state index < -0.39 is 10.0 Å². The Hall–Kier alpha value is -3.07. The minimum Gasteiger partial charge on any atom is -0.457 e. The molecule has 5 nitrogen and oxygen atoms in total. The zero-order valence-corrected chi connectivity index (χ0v) is 21.7. The molecule has 0 amide bonds. The fourth-order valence-electron chi connectivity index (χ4n) is 4.61. The number of aromatic nitrogens is 1. The van der Waals surface area contributed by atoms with Crippen molar-refractivity contribution < 1.29 is 17.5 Å². The molecule has 186 valence electrons. The molecule has 0 aliphatic carbocycles. The summed E-state index contributed by atoms with van der Waals surface area (Å²) >= 11 is 1.50. The van der Waals surface area contributed by atoms with E-state index in [1.165, 1.54) is 23.5 Å². The SMILES string of the molecule is CC1CC(C)CN(S(=O)(=O)c2cccc(-c3csc(-c4ccc(Oc5ccc(F)cc5)cc4)n3)c2)C1. The minimum atomic E-state index is -3.56. The number of hydrogen-bond acceptors (Lipinski definition) is 5. The number of piperidine rings is 1. The molecule has 0 saturated carbocycles. The van der Waals surface area contributed by atoms with E-state index in [2.05, 4.69) is 13.8 Å². The van der Waals surface area contributed by atoms with Crippen molar-refractivity contribution in [1.82, 2.24) is 9.29 Å². The average molecular weight is 523 g/mol. The molecule has 4 aromatic rings. The van der Waals surface area contributed by atoms with Crippen LogP contribution in [-0.2, 0) is 10.0 Å². The van der Waals surface area contributed by atoms with E-state index in [-0.39, 0.29) is 5.82 Å². The maximum absolute atomic E-state index is 13.3. The van der Waals surface area contributed by atoms with Crippen LogP contribution in [0.15, 0.2) is 83.1 Å². The molecule has 1 fully saturated rings. The van der Waals surface area contributed by atoms with Gasteiger partial charge in [0, 0.05) is 29.6 Å². The summed E-state index contributed by atoms with van der Waals surface area (Å²) in [4.78, 5) is 5.07. The molecule has 0 N–H and O–H groups in total. The molecular formula is C28H27FN2O3S2. The monoisotopic (exact) mass is 522 g/mol. The van der Waals surface area contributed by atoms with Gasteiger partial charge in [-0.3, -0.25) is 0 Å². The predicted octanol–water partition coefficient (Wildman–Crippen LogP) is 7.08. The van der Waals surface area contributed by atoms with Gasteiger partial charge in [-0.1, -0.05) is 26.0 Å². The molecule has 3 aromatic carbocycles. The van der Waals surface area contributed by atoms with Crippen molar-refractivity contribution >= 4 is 21.4 Å². The van der Waals surface area contributed by atoms with Gasteiger partial charge in [0.15, 0.2) is 0 Å². The number of ether oxygens (including phenoxy) is 1. The molecule has 8 heteroatoms. The topological polar surface area (TPSA) is 59.5 Å². The first-order chi connectivity index (χ1) is 17.3. The molecular weight excluding hydrogens is 495 g/mol. The lowest BCUT2D eigenvalue weighted by atomic mass is 9.94. The van der Waals surface area contributed by atoms with Crippen molar-refractivity contribution in [2.24, 2.45) is 11.8 Å². The number of rotatable bonds is 6. The van der Waals surface area contributed by atoms with Crippen LogP contribution < -0.4 is 4.74 Å². The summed E-state index contributed by atoms with van der Waals surface area (Å²) in [5.41, 5.74) is 2.43. The van der Waals surface area contributed by atoms with Crippen LogP contribution in [-0.4, -0.2) is 30.8 Å². The van der Waals surface area contributed by atoms with Crippen molar-refractivity contribution in [2.45, 2.75) is 25.2 Å². The van der Waals surface area contributed by atoms with Gasteiger partial charge in [-0.05, 0) is 78.9 Å². The zero-order chi connectivity index (χ0) is 25.3. The molecule has 1 aromatic heterocycles. The van der Waals surface area contributed by atoms with E-state index >= 15 is 0 Å². The molecule has 0 bridgehead atoms. The Morgan fingerprint density at radius 2 is 1.56 bits per heavy atom. The van der Waals surface area contributed by atoms with Crippen molar-refractivity contribution in [1.29, 1.82) is 0 Å². The smallest absolute Gasteiger partial charge is 0.243 e. The Balaban J connectivity index is 1.34. The highest BCUT2D eigenvalue weighted by Gasteiger charge is 2.31. The average Bonchev–Trinajstić information content (AvgIpc) is 3.36. The van der Waals surface area contributed by atoms with E-state index in [9.17, 15) is 12.8 Å². The lowest BCUT2D eigenvalue weighted by Gasteiger charge is -2.34. The molecule has 1 saturated heterocycles. The Morgan fingerprint density at radius 3 is 2.22 bits per heavy atom. The second-order valence-electron chi connectivity index (χ2n) is 9.41. The number of halogens is 1. The summed E-state index contributed by atoms with van der Waals surface area (Å²) in [6.07, 6.45) is 1.05. The molecule has 36 heavy (non-hydrogen) atoms. The van der Waals surface area contributed by atoms with Gasteiger partial charge in [0.2, 0.25) is 10.0 Å². The highest BCUT2D eigenvalue weighted by Crippen LogP contribution is 2.33. The summed E-state index contributed by atoms with van der Waals surface area (Å²) in [7, 11) is -3.56. The van der Waals surface area contributed by atoms with Gasteiger partial charge in [-0.25, -0.2) is 17.8 Å². The van der Waals surface area contributed by atoms with Crippen LogP contribution in [0, 0.1) is 17.7 Å². The normalized spacial score (nSPS) is 18.8. The number of sulfonamides is 1. The van der Waals surface area contributed by atoms with Gasteiger partial charge in [0.1, 0.15) is 22.3 Å². The van der Waals surface area contributed by atoms with Crippen LogP contribution in [0.2, 0.25) is 0 Å². The van der Waals surface area contributed by atoms with Gasteiger partial charge in [-0.2, -0.15) is 4.31 Å². The van der Waals surface area contributed by atoms with Gasteiger partial charge in [0.05, 0.1) is 10.6 Å². The zero-order valence-electron chi connectivity index (χ0n) is 20.1. The molecule has 1 aliphatic rings. The van der Waals surface area contributed by atoms with Crippen molar-refractivity contribution in [3.8, 4) is 33.3 Å². The van der Waals surface area contributed by atoms with Crippen molar-refractivity contribution in [3.63, 3.8) is 0 Å². The van der Waals surface area contributed by atoms with E-state index in [1.807, 2.05) is 35.7 Å². The standard InChI is InChI=1S/C28H27FN2O3S2/c1-19-14-20(2)17-31(16-19)36(32,33)26-5-3-4-22(15-26)27-18-35-28(30-27)21-6-10-24(11-7-21)34-25-12-8-23(29)9-13-25/h3-13,15,18-20H,14,16-17H2,1-2H3. The molecule has 0 spiro atoms. The fraction of sp³-hybridized carbons (Fsp3) is 0.250. The van der Waals surface area contributed by atoms with Crippen LogP contribution in [0.5, 0.6) is 11.5 Å². The van der Waals surface area contributed by atoms with Crippen molar-refractivity contribution in [2.75, 3.05) is 13.1 Å². The van der Waals surface area contributed by atoms with Crippen LogP contribution in [0.25, 0.3) is 21.8 Å². The summed E-state index contributed by atoms with van der Waals surface area (Å²) in [5, 5.41) is 2.76. The van der Waals surface area contributed by atoms with E-state index in [0.717, 1.165) is 28.2 Å². The quantitative estimate of drug-likeness (QED) is 0.272. The van der Waals surface area contributed by atoms with E-state index in [1.54, 1.807) is 34.6 Å². The van der Waals surface area contributed by atoms with Gasteiger partial charge in [-0.15, -0.1) is 11.3 Å². The Labute approximate surface area is 215 Å². The summed E-state index contributed by atoms with van der Waals surface area (Å²) in [5.74, 6) is 1.59. The largest absolute Gasteiger partial charge is 0.457 e. The first-order valence-corrected chi connectivity index (χ1v) is 14.2. The number of thiazole rings is 1. The Bertz CT molecular complexity index is 1440. The van der Waals surface area contributed by atoms with Gasteiger partial charge in [0.25, 0.3) is 0 Å². The second kappa shape index (κ2) is 10.1. The Kier molecular flexibility index (Phi) is 6.92. The number of nitrogens with zero attached hydrogens (tertiary/aromatic N) is 2. The van der Waals surface area contributed by atoms with Crippen LogP contribution >= 0.6 is 11.3 Å². The molecule has 2 heterocycles. The lowest BCUT2D eigenvalue weighted by Crippen LogP contribution is -2.42. The third-order valence-electron chi connectivity index (χ3n) is 6.26. The Morgan fingerprint density at radius 1 is 0.917 bits per heavy atom. The highest BCUT2D eigenvalue weighted by molar-refractivity contribution is 7.89. The molecule has 5 rings (SSSR count). The van der Waals surface area contributed by atoms with Crippen molar-refractivity contribution in [3.05, 3.63) is 84.0 Å². The van der Waals surface area contributed by atoms with E-state index in [4.69, 9.17) is 9.72 Å². The fourth-order valence-corrected chi connectivity index (χ4v) is 7.17. The summed E-state index contributed by atoms with van der Waals surface area (Å²) < 4.78 is 47.2. The molecule has 0 radical (unpaired) electrons. The number of benzene rings is 3. The maximum Gasteiger partial charge on any atom is 0.243 e. The van der Waals surface area contributed by atoms with Gasteiger partial charge < -0.3 is 4.74 Å². The highest BCUT2D eigenvalue weighted by atomic mass is 32.2. The minimum absolute atomic E-state index is 0.304. The van der Waals surface area contributed by atoms with Gasteiger partial charge >= 0.3 is 0 Å².